The van der Waals surface area contributed by atoms with Crippen LogP contribution in [0, 0.1) is 5.92 Å². The highest BCUT2D eigenvalue weighted by atomic mass is 16.5. The van der Waals surface area contributed by atoms with E-state index in [2.05, 4.69) is 38.0 Å². The quantitative estimate of drug-likeness (QED) is 0.404. The van der Waals surface area contributed by atoms with E-state index in [9.17, 15) is 0 Å². The summed E-state index contributed by atoms with van der Waals surface area (Å²) >= 11 is 0. The molecule has 1 N–H and O–H groups in total. The van der Waals surface area contributed by atoms with Crippen molar-refractivity contribution in [2.45, 2.75) is 52.6 Å². The monoisotopic (exact) mass is 313 g/mol. The van der Waals surface area contributed by atoms with Gasteiger partial charge in [0.15, 0.2) is 5.96 Å². The molecule has 0 aromatic heterocycles. The second-order valence-electron chi connectivity index (χ2n) is 6.27. The van der Waals surface area contributed by atoms with Crippen molar-refractivity contribution in [1.29, 1.82) is 0 Å². The molecular formula is C17H35N3O2. The van der Waals surface area contributed by atoms with Gasteiger partial charge in [0.25, 0.3) is 0 Å². The Morgan fingerprint density at radius 3 is 2.73 bits per heavy atom. The maximum Gasteiger partial charge on any atom is 0.193 e. The Bertz CT molecular complexity index is 302. The molecule has 1 saturated heterocycles. The standard InChI is InChI=1S/C17H35N3O2/c1-5-18-17(19-10-6-12-22-15(2)3)20(4)11-7-16-8-13-21-14-9-16/h15-16H,5-14H2,1-4H3,(H,18,19). The Kier molecular flexibility index (Phi) is 10.2. The van der Waals surface area contributed by atoms with Gasteiger partial charge in [-0.25, -0.2) is 0 Å². The first-order valence-corrected chi connectivity index (χ1v) is 8.82. The SMILES string of the molecule is CCNC(=NCCCOC(C)C)N(C)CCC1CCOCC1. The summed E-state index contributed by atoms with van der Waals surface area (Å²) in [6.07, 6.45) is 4.91. The Hall–Kier alpha value is -0.810. The molecular weight excluding hydrogens is 278 g/mol. The van der Waals surface area contributed by atoms with Gasteiger partial charge in [-0.05, 0) is 52.4 Å². The van der Waals surface area contributed by atoms with Crippen molar-refractivity contribution in [2.24, 2.45) is 10.9 Å². The molecule has 0 atom stereocenters. The molecule has 0 saturated carbocycles. The van der Waals surface area contributed by atoms with Crippen molar-refractivity contribution in [3.05, 3.63) is 0 Å². The molecule has 1 heterocycles. The van der Waals surface area contributed by atoms with Crippen LogP contribution in [0.1, 0.15) is 46.5 Å². The van der Waals surface area contributed by atoms with Crippen LogP contribution < -0.4 is 5.32 Å². The Morgan fingerprint density at radius 2 is 2.09 bits per heavy atom. The van der Waals surface area contributed by atoms with E-state index in [-0.39, 0.29) is 0 Å². The zero-order chi connectivity index (χ0) is 16.2. The molecule has 5 heteroatoms. The molecule has 130 valence electrons. The third-order valence-electron chi connectivity index (χ3n) is 3.93. The molecule has 1 fully saturated rings. The van der Waals surface area contributed by atoms with E-state index in [1.54, 1.807) is 0 Å². The van der Waals surface area contributed by atoms with Crippen LogP contribution in [0.15, 0.2) is 4.99 Å². The number of hydrogen-bond acceptors (Lipinski definition) is 3. The molecule has 22 heavy (non-hydrogen) atoms. The van der Waals surface area contributed by atoms with Crippen LogP contribution in [0.25, 0.3) is 0 Å². The molecule has 0 aliphatic carbocycles. The zero-order valence-electron chi connectivity index (χ0n) is 14.9. The molecule has 0 unspecified atom stereocenters. The molecule has 1 aliphatic rings. The largest absolute Gasteiger partial charge is 0.381 e. The molecule has 5 nitrogen and oxygen atoms in total. The third kappa shape index (κ3) is 8.59. The number of ether oxygens (including phenoxy) is 2. The van der Waals surface area contributed by atoms with Gasteiger partial charge >= 0.3 is 0 Å². The first-order valence-electron chi connectivity index (χ1n) is 8.82. The van der Waals surface area contributed by atoms with Crippen molar-refractivity contribution in [3.8, 4) is 0 Å². The van der Waals surface area contributed by atoms with Gasteiger partial charge in [-0.15, -0.1) is 0 Å². The fraction of sp³-hybridized carbons (Fsp3) is 0.941. The summed E-state index contributed by atoms with van der Waals surface area (Å²) in [4.78, 5) is 6.95. The molecule has 0 spiro atoms. The number of guanidine groups is 1. The van der Waals surface area contributed by atoms with Crippen molar-refractivity contribution in [1.82, 2.24) is 10.2 Å². The lowest BCUT2D eigenvalue weighted by atomic mass is 9.96. The van der Waals surface area contributed by atoms with E-state index in [1.807, 2.05) is 0 Å². The van der Waals surface area contributed by atoms with Crippen molar-refractivity contribution in [2.75, 3.05) is 46.5 Å². The van der Waals surface area contributed by atoms with E-state index in [0.29, 0.717) is 6.10 Å². The van der Waals surface area contributed by atoms with Crippen molar-refractivity contribution >= 4 is 5.96 Å². The molecule has 1 rings (SSSR count). The Balaban J connectivity index is 2.29. The van der Waals surface area contributed by atoms with Gasteiger partial charge in [0.2, 0.25) is 0 Å². The van der Waals surface area contributed by atoms with Crippen LogP contribution in [-0.4, -0.2) is 63.5 Å². The summed E-state index contributed by atoms with van der Waals surface area (Å²) in [7, 11) is 2.13. The van der Waals surface area contributed by atoms with Crippen LogP contribution >= 0.6 is 0 Å². The summed E-state index contributed by atoms with van der Waals surface area (Å²) < 4.78 is 11.0. The minimum absolute atomic E-state index is 0.305. The van der Waals surface area contributed by atoms with Gasteiger partial charge in [0.05, 0.1) is 6.10 Å². The van der Waals surface area contributed by atoms with Crippen molar-refractivity contribution < 1.29 is 9.47 Å². The zero-order valence-corrected chi connectivity index (χ0v) is 14.9. The predicted molar refractivity (Wildman–Crippen MR) is 92.5 cm³/mol. The first-order chi connectivity index (χ1) is 10.6. The lowest BCUT2D eigenvalue weighted by molar-refractivity contribution is 0.0625. The number of rotatable bonds is 9. The van der Waals surface area contributed by atoms with Gasteiger partial charge in [-0.2, -0.15) is 0 Å². The maximum atomic E-state index is 5.56. The summed E-state index contributed by atoms with van der Waals surface area (Å²) in [5, 5.41) is 3.38. The second-order valence-corrected chi connectivity index (χ2v) is 6.27. The van der Waals surface area contributed by atoms with E-state index in [4.69, 9.17) is 14.5 Å². The van der Waals surface area contributed by atoms with Gasteiger partial charge < -0.3 is 19.7 Å². The summed E-state index contributed by atoms with van der Waals surface area (Å²) in [6, 6.07) is 0. The average Bonchev–Trinajstić information content (AvgIpc) is 2.52. The fourth-order valence-corrected chi connectivity index (χ4v) is 2.56. The number of nitrogens with one attached hydrogen (secondary N) is 1. The van der Waals surface area contributed by atoms with Crippen molar-refractivity contribution in [3.63, 3.8) is 0 Å². The topological polar surface area (TPSA) is 46.1 Å². The highest BCUT2D eigenvalue weighted by Crippen LogP contribution is 2.18. The number of hydrogen-bond donors (Lipinski definition) is 1. The summed E-state index contributed by atoms with van der Waals surface area (Å²) in [5.41, 5.74) is 0. The Labute approximate surface area is 136 Å². The first kappa shape index (κ1) is 19.2. The summed E-state index contributed by atoms with van der Waals surface area (Å²) in [5.74, 6) is 1.82. The minimum atomic E-state index is 0.305. The van der Waals surface area contributed by atoms with Crippen LogP contribution in [-0.2, 0) is 9.47 Å². The Morgan fingerprint density at radius 1 is 1.36 bits per heavy atom. The van der Waals surface area contributed by atoms with Crippen LogP contribution in [0.3, 0.4) is 0 Å². The van der Waals surface area contributed by atoms with Gasteiger partial charge in [0.1, 0.15) is 0 Å². The van der Waals surface area contributed by atoms with E-state index in [1.165, 1.54) is 19.3 Å². The van der Waals surface area contributed by atoms with Gasteiger partial charge in [-0.1, -0.05) is 0 Å². The normalized spacial score (nSPS) is 17.0. The lowest BCUT2D eigenvalue weighted by Gasteiger charge is -2.26. The van der Waals surface area contributed by atoms with E-state index < -0.39 is 0 Å². The van der Waals surface area contributed by atoms with E-state index >= 15 is 0 Å². The highest BCUT2D eigenvalue weighted by Gasteiger charge is 2.15. The molecule has 0 radical (unpaired) electrons. The number of aliphatic imine (C=N–C) groups is 1. The lowest BCUT2D eigenvalue weighted by Crippen LogP contribution is -2.40. The molecule has 0 amide bonds. The van der Waals surface area contributed by atoms with Crippen LogP contribution in [0.2, 0.25) is 0 Å². The summed E-state index contributed by atoms with van der Waals surface area (Å²) in [6.45, 7) is 11.7. The second kappa shape index (κ2) is 11.7. The van der Waals surface area contributed by atoms with E-state index in [0.717, 1.165) is 57.8 Å². The number of nitrogens with zero attached hydrogens (tertiary/aromatic N) is 2. The average molecular weight is 313 g/mol. The third-order valence-corrected chi connectivity index (χ3v) is 3.93. The molecule has 0 aromatic carbocycles. The van der Waals surface area contributed by atoms with Crippen LogP contribution in [0.5, 0.6) is 0 Å². The van der Waals surface area contributed by atoms with Crippen LogP contribution in [0.4, 0.5) is 0 Å². The predicted octanol–water partition coefficient (Wildman–Crippen LogP) is 2.52. The minimum Gasteiger partial charge on any atom is -0.381 e. The fourth-order valence-electron chi connectivity index (χ4n) is 2.56. The van der Waals surface area contributed by atoms with Gasteiger partial charge in [-0.3, -0.25) is 4.99 Å². The molecule has 0 bridgehead atoms. The maximum absolute atomic E-state index is 5.56. The smallest absolute Gasteiger partial charge is 0.193 e. The van der Waals surface area contributed by atoms with Gasteiger partial charge in [0, 0.05) is 46.5 Å². The highest BCUT2D eigenvalue weighted by molar-refractivity contribution is 5.79. The molecule has 0 aromatic rings. The molecule has 1 aliphatic heterocycles.